The number of carboxylic acids is 1. The number of rotatable bonds is 8. The number of aliphatic hydroxyl groups is 2. The molecule has 2 aromatic carbocycles. The van der Waals surface area contributed by atoms with Crippen molar-refractivity contribution in [2.75, 3.05) is 19.0 Å². The van der Waals surface area contributed by atoms with Crippen molar-refractivity contribution in [2.24, 2.45) is 46.3 Å². The van der Waals surface area contributed by atoms with Crippen LogP contribution >= 0.6 is 0 Å². The summed E-state index contributed by atoms with van der Waals surface area (Å²) < 4.78 is 30.8. The molecule has 0 spiro atoms. The van der Waals surface area contributed by atoms with E-state index in [0.717, 1.165) is 36.8 Å². The first-order valence-corrected chi connectivity index (χ1v) is 18.4. The van der Waals surface area contributed by atoms with Crippen LogP contribution in [-0.4, -0.2) is 56.9 Å². The summed E-state index contributed by atoms with van der Waals surface area (Å²) in [6.07, 6.45) is 4.96. The summed E-state index contributed by atoms with van der Waals surface area (Å²) in [4.78, 5) is 13.5. The molecule has 0 unspecified atom stereocenters. The minimum absolute atomic E-state index is 0. The van der Waals surface area contributed by atoms with Gasteiger partial charge in [0.1, 0.15) is 0 Å². The Kier molecular flexibility index (Phi) is 10.4. The number of hydrogen-bond acceptors (Lipinski definition) is 7. The van der Waals surface area contributed by atoms with Crippen molar-refractivity contribution in [2.45, 2.75) is 102 Å². The fourth-order valence-corrected chi connectivity index (χ4v) is 12.5. The van der Waals surface area contributed by atoms with Crippen molar-refractivity contribution in [3.63, 3.8) is 0 Å². The molecule has 4 aliphatic carbocycles. The molecule has 0 radical (unpaired) electrons. The van der Waals surface area contributed by atoms with Crippen molar-refractivity contribution in [1.82, 2.24) is 4.72 Å². The average molecular weight is 663 g/mol. The Morgan fingerprint density at radius 3 is 2.41 bits per heavy atom. The molecule has 6 rings (SSSR count). The molecule has 46 heavy (non-hydrogen) atoms. The van der Waals surface area contributed by atoms with Crippen LogP contribution in [0, 0.1) is 46.3 Å². The van der Waals surface area contributed by atoms with Crippen molar-refractivity contribution < 1.29 is 58.1 Å². The summed E-state index contributed by atoms with van der Waals surface area (Å²) in [5, 5.41) is 36.4. The first-order valence-electron chi connectivity index (χ1n) is 17.0. The summed E-state index contributed by atoms with van der Waals surface area (Å²) >= 11 is 0. The van der Waals surface area contributed by atoms with E-state index in [-0.39, 0.29) is 88.4 Å². The average Bonchev–Trinajstić information content (AvgIpc) is 3.34. The number of hydrogen-bond donors (Lipinski definition) is 3. The number of aliphatic carboxylic acids is 1. The normalized spacial score (nSPS) is 37.8. The van der Waals surface area contributed by atoms with Gasteiger partial charge in [0.2, 0.25) is 10.0 Å². The number of nitrogens with zero attached hydrogens (tertiary/aromatic N) is 1. The van der Waals surface area contributed by atoms with Gasteiger partial charge in [0.05, 0.1) is 17.1 Å². The van der Waals surface area contributed by atoms with Gasteiger partial charge < -0.3 is 25.0 Å². The van der Waals surface area contributed by atoms with Crippen LogP contribution in [0.1, 0.15) is 78.6 Å². The molecular weight excluding hydrogens is 611 g/mol. The molecular formula is C36H51N2NaO6S. The third-order valence-corrected chi connectivity index (χ3v) is 14.9. The predicted octanol–water partition coefficient (Wildman–Crippen LogP) is 1.32. The summed E-state index contributed by atoms with van der Waals surface area (Å²) in [6, 6.07) is 11.0. The van der Waals surface area contributed by atoms with Crippen LogP contribution in [0.2, 0.25) is 0 Å². The molecule has 0 aliphatic heterocycles. The van der Waals surface area contributed by atoms with E-state index >= 15 is 0 Å². The van der Waals surface area contributed by atoms with Crippen LogP contribution in [0.5, 0.6) is 0 Å². The van der Waals surface area contributed by atoms with Gasteiger partial charge in [0.15, 0.2) is 0 Å². The van der Waals surface area contributed by atoms with E-state index in [1.807, 2.05) is 43.3 Å². The Labute approximate surface area is 297 Å². The maximum atomic E-state index is 13.9. The van der Waals surface area contributed by atoms with E-state index in [1.165, 1.54) is 0 Å². The third-order valence-electron chi connectivity index (χ3n) is 13.3. The SMILES string of the molecule is C[C@H](CCC(=O)[O-])[C@H]1CC[C@H]2[C@@H]3[C@H](O)C[C@@H]4C[C@H](NS(=O)(=O)c5cccc6c(N(C)C)cccc56)CC[C@]4(C)[C@H]3C[C@H](O)[C@]12C.[Na+]. The van der Waals surface area contributed by atoms with E-state index in [4.69, 9.17) is 0 Å². The van der Waals surface area contributed by atoms with Crippen molar-refractivity contribution in [1.29, 1.82) is 0 Å². The number of carbonyl (C=O) groups excluding carboxylic acids is 1. The molecule has 0 aromatic heterocycles. The molecule has 10 heteroatoms. The van der Waals surface area contributed by atoms with Crippen LogP contribution in [0.25, 0.3) is 10.8 Å². The van der Waals surface area contributed by atoms with Crippen LogP contribution in [0.15, 0.2) is 41.3 Å². The van der Waals surface area contributed by atoms with E-state index in [2.05, 4.69) is 25.5 Å². The quantitative estimate of drug-likeness (QED) is 0.364. The molecule has 2 aromatic rings. The van der Waals surface area contributed by atoms with E-state index in [0.29, 0.717) is 36.0 Å². The van der Waals surface area contributed by atoms with Gasteiger partial charge in [0.25, 0.3) is 0 Å². The van der Waals surface area contributed by atoms with Crippen molar-refractivity contribution in [3.8, 4) is 0 Å². The Hall–Kier alpha value is -1.20. The van der Waals surface area contributed by atoms with Gasteiger partial charge in [0, 0.05) is 42.6 Å². The fraction of sp³-hybridized carbons (Fsp3) is 0.694. The zero-order chi connectivity index (χ0) is 32.5. The zero-order valence-corrected chi connectivity index (χ0v) is 31.2. The smallest absolute Gasteiger partial charge is 0.550 e. The second kappa shape index (κ2) is 13.3. The minimum atomic E-state index is -3.79. The Morgan fingerprint density at radius 2 is 1.72 bits per heavy atom. The fourth-order valence-electron chi connectivity index (χ4n) is 11.0. The first-order chi connectivity index (χ1) is 21.2. The molecule has 3 N–H and O–H groups in total. The number of carbonyl (C=O) groups is 1. The molecule has 0 saturated heterocycles. The van der Waals surface area contributed by atoms with Gasteiger partial charge >= 0.3 is 29.6 Å². The van der Waals surface area contributed by atoms with Gasteiger partial charge in [-0.2, -0.15) is 0 Å². The maximum Gasteiger partial charge on any atom is 1.00 e. The standard InChI is InChI=1S/C36H52N2O6S.Na/c1-21(12-15-33(41)42)26-13-14-27-34-28(20-32(40)36(26,27)3)35(2)17-16-23(18-22(35)19-30(34)39)37-45(43,44)31-11-7-8-24-25(31)9-6-10-29(24)38(4)5;/h6-11,21-23,26-28,30,32,34,37,39-40H,12-20H2,1-5H3,(H,41,42);/q;+1/p-1/t21-,22+,23-,26-,27+,28+,30-,32+,34+,35+,36-;/m1./s1. The molecule has 248 valence electrons. The number of nitrogens with one attached hydrogen (secondary N) is 1. The summed E-state index contributed by atoms with van der Waals surface area (Å²) in [5.74, 6) is -0.0651. The zero-order valence-electron chi connectivity index (χ0n) is 28.4. The van der Waals surface area contributed by atoms with Gasteiger partial charge in [-0.15, -0.1) is 0 Å². The molecule has 0 bridgehead atoms. The molecule has 11 atom stereocenters. The molecule has 0 amide bonds. The molecule has 4 fully saturated rings. The van der Waals surface area contributed by atoms with Gasteiger partial charge in [-0.3, -0.25) is 0 Å². The van der Waals surface area contributed by atoms with Crippen molar-refractivity contribution in [3.05, 3.63) is 36.4 Å². The topological polar surface area (TPSA) is 130 Å². The molecule has 4 aliphatic rings. The number of fused-ring (bicyclic) bond motifs is 6. The predicted molar refractivity (Wildman–Crippen MR) is 174 cm³/mol. The van der Waals surface area contributed by atoms with Gasteiger partial charge in [-0.05, 0) is 116 Å². The first kappa shape index (κ1) is 36.1. The molecule has 8 nitrogen and oxygen atoms in total. The maximum absolute atomic E-state index is 13.9. The van der Waals surface area contributed by atoms with Crippen LogP contribution in [-0.2, 0) is 14.8 Å². The minimum Gasteiger partial charge on any atom is -0.550 e. The number of carboxylic acid groups (broad SMARTS) is 1. The van der Waals surface area contributed by atoms with Crippen LogP contribution in [0.4, 0.5) is 5.69 Å². The second-order valence-electron chi connectivity index (χ2n) is 15.6. The molecule has 4 saturated carbocycles. The summed E-state index contributed by atoms with van der Waals surface area (Å²) in [5.41, 5.74) is 0.525. The van der Waals surface area contributed by atoms with Gasteiger partial charge in [-0.1, -0.05) is 45.0 Å². The van der Waals surface area contributed by atoms with E-state index in [1.54, 1.807) is 12.1 Å². The number of sulfonamides is 1. The number of benzene rings is 2. The summed E-state index contributed by atoms with van der Waals surface area (Å²) in [6.45, 7) is 6.62. The van der Waals surface area contributed by atoms with Gasteiger partial charge in [-0.25, -0.2) is 13.1 Å². The molecule has 0 heterocycles. The number of anilines is 1. The Morgan fingerprint density at radius 1 is 1.02 bits per heavy atom. The Bertz CT molecular complexity index is 1550. The Balaban J connectivity index is 0.00000417. The monoisotopic (exact) mass is 662 g/mol. The third kappa shape index (κ3) is 5.98. The summed E-state index contributed by atoms with van der Waals surface area (Å²) in [7, 11) is 0.117. The second-order valence-corrected chi connectivity index (χ2v) is 17.3. The number of aliphatic hydroxyl groups excluding tert-OH is 2. The van der Waals surface area contributed by atoms with Crippen LogP contribution in [0.3, 0.4) is 0 Å². The van der Waals surface area contributed by atoms with E-state index in [9.17, 15) is 28.5 Å². The van der Waals surface area contributed by atoms with E-state index < -0.39 is 28.2 Å². The van der Waals surface area contributed by atoms with Crippen molar-refractivity contribution >= 4 is 32.5 Å². The van der Waals surface area contributed by atoms with Crippen LogP contribution < -0.4 is 44.3 Å². The largest absolute Gasteiger partial charge is 1.00 e.